The maximum atomic E-state index is 12.6. The standard InChI is InChI=1S/C19H29N3O2.2ClH/c1-15-13-17(21-18(23)19(20)8-11-24-12-9-19)7-10-22(15)14-16-5-3-2-4-6-16;;/h2-6,15,17H,7-14,20H2,1H3,(H,21,23);2*1H. The molecule has 5 nitrogen and oxygen atoms in total. The first-order valence-corrected chi connectivity index (χ1v) is 9.02. The van der Waals surface area contributed by atoms with Gasteiger partial charge in [0.15, 0.2) is 0 Å². The van der Waals surface area contributed by atoms with Gasteiger partial charge in [-0.25, -0.2) is 0 Å². The number of nitrogens with zero attached hydrogens (tertiary/aromatic N) is 1. The van der Waals surface area contributed by atoms with Gasteiger partial charge in [0.2, 0.25) is 5.91 Å². The van der Waals surface area contributed by atoms with E-state index in [1.807, 2.05) is 6.07 Å². The predicted octanol–water partition coefficient (Wildman–Crippen LogP) is 2.51. The van der Waals surface area contributed by atoms with E-state index >= 15 is 0 Å². The summed E-state index contributed by atoms with van der Waals surface area (Å²) in [4.78, 5) is 15.1. The Kier molecular flexibility index (Phi) is 9.34. The summed E-state index contributed by atoms with van der Waals surface area (Å²) in [6.45, 7) is 5.38. The predicted molar refractivity (Wildman–Crippen MR) is 109 cm³/mol. The van der Waals surface area contributed by atoms with Crippen molar-refractivity contribution in [3.63, 3.8) is 0 Å². The molecule has 0 saturated carbocycles. The van der Waals surface area contributed by atoms with Gasteiger partial charge < -0.3 is 15.8 Å². The van der Waals surface area contributed by atoms with Gasteiger partial charge in [0.25, 0.3) is 0 Å². The summed E-state index contributed by atoms with van der Waals surface area (Å²) in [5.41, 5.74) is 6.88. The molecule has 26 heavy (non-hydrogen) atoms. The normalized spacial score (nSPS) is 25.5. The number of nitrogens with two attached hydrogens (primary N) is 1. The van der Waals surface area contributed by atoms with Crippen LogP contribution in [-0.4, -0.2) is 48.2 Å². The topological polar surface area (TPSA) is 67.6 Å². The Hall–Kier alpha value is -0.850. The lowest BCUT2D eigenvalue weighted by molar-refractivity contribution is -0.131. The summed E-state index contributed by atoms with van der Waals surface area (Å²) >= 11 is 0. The van der Waals surface area contributed by atoms with Gasteiger partial charge in [-0.3, -0.25) is 9.69 Å². The summed E-state index contributed by atoms with van der Waals surface area (Å²) in [6.07, 6.45) is 3.18. The van der Waals surface area contributed by atoms with E-state index in [0.29, 0.717) is 32.1 Å². The van der Waals surface area contributed by atoms with Crippen LogP contribution < -0.4 is 11.1 Å². The summed E-state index contributed by atoms with van der Waals surface area (Å²) in [5, 5.41) is 3.20. The second kappa shape index (κ2) is 10.5. The SMILES string of the molecule is CC1CC(NC(=O)C2(N)CCOCC2)CCN1Cc1ccccc1.Cl.Cl. The number of halogens is 2. The number of hydrogen-bond donors (Lipinski definition) is 2. The minimum absolute atomic E-state index is 0. The lowest BCUT2D eigenvalue weighted by atomic mass is 9.89. The zero-order valence-corrected chi connectivity index (χ0v) is 17.0. The van der Waals surface area contributed by atoms with E-state index in [0.717, 1.165) is 25.9 Å². The van der Waals surface area contributed by atoms with Crippen molar-refractivity contribution in [1.82, 2.24) is 10.2 Å². The number of carbonyl (C=O) groups excluding carboxylic acids is 1. The number of likely N-dealkylation sites (tertiary alicyclic amines) is 1. The molecule has 2 aliphatic heterocycles. The van der Waals surface area contributed by atoms with Crippen molar-refractivity contribution in [3.8, 4) is 0 Å². The maximum absolute atomic E-state index is 12.6. The second-order valence-corrected chi connectivity index (χ2v) is 7.27. The smallest absolute Gasteiger partial charge is 0.240 e. The summed E-state index contributed by atoms with van der Waals surface area (Å²) in [6, 6.07) is 11.2. The number of nitrogens with one attached hydrogen (secondary N) is 1. The first-order valence-electron chi connectivity index (χ1n) is 9.02. The Morgan fingerprint density at radius 1 is 1.27 bits per heavy atom. The van der Waals surface area contributed by atoms with E-state index < -0.39 is 5.54 Å². The van der Waals surface area contributed by atoms with Crippen LogP contribution in [0.25, 0.3) is 0 Å². The molecule has 0 spiro atoms. The zero-order chi connectivity index (χ0) is 17.0. The van der Waals surface area contributed by atoms with Crippen LogP contribution in [0.3, 0.4) is 0 Å². The van der Waals surface area contributed by atoms with Crippen molar-refractivity contribution in [2.45, 2.75) is 56.8 Å². The van der Waals surface area contributed by atoms with Crippen LogP contribution in [0.5, 0.6) is 0 Å². The molecular formula is C19H31Cl2N3O2. The first-order chi connectivity index (χ1) is 11.6. The summed E-state index contributed by atoms with van der Waals surface area (Å²) < 4.78 is 5.33. The lowest BCUT2D eigenvalue weighted by Gasteiger charge is -2.40. The van der Waals surface area contributed by atoms with Gasteiger partial charge in [-0.2, -0.15) is 0 Å². The number of carbonyl (C=O) groups is 1. The maximum Gasteiger partial charge on any atom is 0.240 e. The Bertz CT molecular complexity index is 553. The fraction of sp³-hybridized carbons (Fsp3) is 0.632. The highest BCUT2D eigenvalue weighted by Crippen LogP contribution is 2.22. The molecule has 7 heteroatoms. The highest BCUT2D eigenvalue weighted by Gasteiger charge is 2.37. The van der Waals surface area contributed by atoms with E-state index in [2.05, 4.69) is 41.4 Å². The molecule has 0 aromatic heterocycles. The van der Waals surface area contributed by atoms with Gasteiger partial charge in [-0.05, 0) is 38.2 Å². The minimum Gasteiger partial charge on any atom is -0.381 e. The third-order valence-corrected chi connectivity index (χ3v) is 5.41. The molecule has 0 radical (unpaired) electrons. The Morgan fingerprint density at radius 2 is 1.92 bits per heavy atom. The van der Waals surface area contributed by atoms with E-state index in [1.165, 1.54) is 5.56 Å². The third kappa shape index (κ3) is 5.83. The third-order valence-electron chi connectivity index (χ3n) is 5.41. The van der Waals surface area contributed by atoms with Crippen LogP contribution in [0.15, 0.2) is 30.3 Å². The molecule has 3 N–H and O–H groups in total. The lowest BCUT2D eigenvalue weighted by Crippen LogP contribution is -2.60. The molecule has 2 unspecified atom stereocenters. The van der Waals surface area contributed by atoms with E-state index in [9.17, 15) is 4.79 Å². The van der Waals surface area contributed by atoms with Gasteiger partial charge in [-0.1, -0.05) is 30.3 Å². The number of benzene rings is 1. The average molecular weight is 404 g/mol. The van der Waals surface area contributed by atoms with Crippen molar-refractivity contribution in [3.05, 3.63) is 35.9 Å². The van der Waals surface area contributed by atoms with Crippen LogP contribution in [0.1, 0.15) is 38.2 Å². The van der Waals surface area contributed by atoms with Gasteiger partial charge in [0.1, 0.15) is 0 Å². The molecule has 2 aliphatic rings. The van der Waals surface area contributed by atoms with Gasteiger partial charge in [-0.15, -0.1) is 24.8 Å². The zero-order valence-electron chi connectivity index (χ0n) is 15.4. The molecule has 0 aliphatic carbocycles. The van der Waals surface area contributed by atoms with Crippen molar-refractivity contribution in [1.29, 1.82) is 0 Å². The van der Waals surface area contributed by atoms with Gasteiger partial charge in [0.05, 0.1) is 5.54 Å². The second-order valence-electron chi connectivity index (χ2n) is 7.27. The fourth-order valence-electron chi connectivity index (χ4n) is 3.70. The Morgan fingerprint density at radius 3 is 2.54 bits per heavy atom. The summed E-state index contributed by atoms with van der Waals surface area (Å²) in [5.74, 6) is -0.000454. The number of ether oxygens (including phenoxy) is 1. The minimum atomic E-state index is -0.747. The molecule has 0 bridgehead atoms. The molecule has 148 valence electrons. The Labute approximate surface area is 168 Å². The van der Waals surface area contributed by atoms with Gasteiger partial charge >= 0.3 is 0 Å². The molecule has 1 aromatic rings. The molecule has 1 aromatic carbocycles. The quantitative estimate of drug-likeness (QED) is 0.809. The van der Waals surface area contributed by atoms with Gasteiger partial charge in [0, 0.05) is 38.4 Å². The van der Waals surface area contributed by atoms with Crippen molar-refractivity contribution < 1.29 is 9.53 Å². The van der Waals surface area contributed by atoms with Crippen molar-refractivity contribution >= 4 is 30.7 Å². The molecule has 2 saturated heterocycles. The fourth-order valence-corrected chi connectivity index (χ4v) is 3.70. The Balaban J connectivity index is 0.00000169. The van der Waals surface area contributed by atoms with Crippen molar-refractivity contribution in [2.24, 2.45) is 5.73 Å². The molecular weight excluding hydrogens is 373 g/mol. The molecule has 2 heterocycles. The largest absolute Gasteiger partial charge is 0.381 e. The number of piperidine rings is 1. The monoisotopic (exact) mass is 403 g/mol. The number of hydrogen-bond acceptors (Lipinski definition) is 4. The van der Waals surface area contributed by atoms with Crippen molar-refractivity contribution in [2.75, 3.05) is 19.8 Å². The highest BCUT2D eigenvalue weighted by molar-refractivity contribution is 5.86. The van der Waals surface area contributed by atoms with Crippen LogP contribution in [0.2, 0.25) is 0 Å². The van der Waals surface area contributed by atoms with Crippen LogP contribution >= 0.6 is 24.8 Å². The molecule has 2 atom stereocenters. The average Bonchev–Trinajstić information content (AvgIpc) is 2.59. The molecule has 1 amide bonds. The summed E-state index contributed by atoms with van der Waals surface area (Å²) in [7, 11) is 0. The first kappa shape index (κ1) is 23.2. The number of rotatable bonds is 4. The number of amides is 1. The molecule has 2 fully saturated rings. The van der Waals surface area contributed by atoms with Crippen LogP contribution in [0, 0.1) is 0 Å². The van der Waals surface area contributed by atoms with E-state index in [4.69, 9.17) is 10.5 Å². The van der Waals surface area contributed by atoms with Crippen LogP contribution in [-0.2, 0) is 16.1 Å². The van der Waals surface area contributed by atoms with E-state index in [-0.39, 0.29) is 36.8 Å². The molecule has 3 rings (SSSR count). The van der Waals surface area contributed by atoms with E-state index in [1.54, 1.807) is 0 Å². The highest BCUT2D eigenvalue weighted by atomic mass is 35.5. The van der Waals surface area contributed by atoms with Crippen LogP contribution in [0.4, 0.5) is 0 Å².